The van der Waals surface area contributed by atoms with Gasteiger partial charge < -0.3 is 5.11 Å². The van der Waals surface area contributed by atoms with Crippen molar-refractivity contribution >= 4 is 0 Å². The summed E-state index contributed by atoms with van der Waals surface area (Å²) in [6, 6.07) is 0. The van der Waals surface area contributed by atoms with Gasteiger partial charge in [-0.2, -0.15) is 0 Å². The topological polar surface area (TPSA) is 20.2 Å². The molecule has 3 saturated carbocycles. The van der Waals surface area contributed by atoms with E-state index >= 15 is 0 Å². The van der Waals surface area contributed by atoms with Gasteiger partial charge in [0.25, 0.3) is 0 Å². The van der Waals surface area contributed by atoms with Gasteiger partial charge in [0.05, 0.1) is 5.60 Å². The molecule has 3 aliphatic carbocycles. The van der Waals surface area contributed by atoms with Gasteiger partial charge in [-0.25, -0.2) is 0 Å². The third-order valence-electron chi connectivity index (χ3n) is 4.30. The van der Waals surface area contributed by atoms with Crippen LogP contribution in [0.15, 0.2) is 0 Å². The largest absolute Gasteiger partial charge is 0.389 e. The van der Waals surface area contributed by atoms with Crippen molar-refractivity contribution in [3.05, 3.63) is 0 Å². The standard InChI is InChI=1S/C10H18O/c1-6-4-7(2)10(11)5-9(6)8(10)3/h6-9,11H,4-5H2,1-3H3. The molecule has 2 bridgehead atoms. The minimum Gasteiger partial charge on any atom is -0.389 e. The van der Waals surface area contributed by atoms with Crippen LogP contribution in [0.3, 0.4) is 0 Å². The van der Waals surface area contributed by atoms with Crippen molar-refractivity contribution in [2.45, 2.75) is 39.2 Å². The summed E-state index contributed by atoms with van der Waals surface area (Å²) in [5, 5.41) is 10.1. The van der Waals surface area contributed by atoms with Crippen LogP contribution in [0.4, 0.5) is 0 Å². The quantitative estimate of drug-likeness (QED) is 0.566. The van der Waals surface area contributed by atoms with Crippen LogP contribution in [0.2, 0.25) is 0 Å². The van der Waals surface area contributed by atoms with Crippen molar-refractivity contribution in [1.29, 1.82) is 0 Å². The van der Waals surface area contributed by atoms with Crippen LogP contribution in [0.1, 0.15) is 33.6 Å². The Morgan fingerprint density at radius 1 is 1.27 bits per heavy atom. The number of fused-ring (bicyclic) bond motifs is 2. The number of aliphatic hydroxyl groups is 1. The fraction of sp³-hybridized carbons (Fsp3) is 1.00. The summed E-state index contributed by atoms with van der Waals surface area (Å²) in [5.41, 5.74) is -0.281. The maximum absolute atomic E-state index is 10.1. The Balaban J connectivity index is 2.20. The monoisotopic (exact) mass is 154 g/mol. The zero-order valence-corrected chi connectivity index (χ0v) is 7.67. The van der Waals surface area contributed by atoms with Crippen LogP contribution in [0, 0.1) is 23.7 Å². The highest BCUT2D eigenvalue weighted by Gasteiger charge is 2.58. The van der Waals surface area contributed by atoms with Crippen LogP contribution in [0.25, 0.3) is 0 Å². The summed E-state index contributed by atoms with van der Waals surface area (Å²) >= 11 is 0. The molecule has 0 spiro atoms. The summed E-state index contributed by atoms with van der Waals surface area (Å²) in [6.45, 7) is 6.74. The molecule has 1 heteroatoms. The molecule has 5 unspecified atom stereocenters. The molecule has 64 valence electrons. The first-order valence-electron chi connectivity index (χ1n) is 4.78. The van der Waals surface area contributed by atoms with E-state index in [-0.39, 0.29) is 5.60 Å². The molecule has 11 heavy (non-hydrogen) atoms. The predicted octanol–water partition coefficient (Wildman–Crippen LogP) is 2.05. The van der Waals surface area contributed by atoms with Gasteiger partial charge in [-0.05, 0) is 36.5 Å². The molecule has 0 aromatic rings. The molecule has 3 rings (SSSR count). The highest BCUT2D eigenvalue weighted by molar-refractivity contribution is 5.08. The minimum absolute atomic E-state index is 0.281. The van der Waals surface area contributed by atoms with Gasteiger partial charge in [-0.15, -0.1) is 0 Å². The lowest BCUT2D eigenvalue weighted by Gasteiger charge is -2.61. The van der Waals surface area contributed by atoms with E-state index < -0.39 is 0 Å². The molecule has 1 N–H and O–H groups in total. The molecule has 0 aromatic carbocycles. The molecule has 0 aliphatic heterocycles. The number of rotatable bonds is 0. The average molecular weight is 154 g/mol. The van der Waals surface area contributed by atoms with Crippen LogP contribution in [-0.4, -0.2) is 10.7 Å². The highest BCUT2D eigenvalue weighted by Crippen LogP contribution is 2.58. The van der Waals surface area contributed by atoms with Crippen molar-refractivity contribution in [2.24, 2.45) is 23.7 Å². The summed E-state index contributed by atoms with van der Waals surface area (Å²) in [4.78, 5) is 0. The molecular weight excluding hydrogens is 136 g/mol. The Hall–Kier alpha value is -0.0400. The highest BCUT2D eigenvalue weighted by atomic mass is 16.3. The van der Waals surface area contributed by atoms with Gasteiger partial charge in [-0.3, -0.25) is 0 Å². The third-order valence-corrected chi connectivity index (χ3v) is 4.30. The van der Waals surface area contributed by atoms with Crippen molar-refractivity contribution in [3.8, 4) is 0 Å². The molecule has 3 aliphatic rings. The van der Waals surface area contributed by atoms with E-state index in [1.54, 1.807) is 0 Å². The van der Waals surface area contributed by atoms with Crippen LogP contribution in [-0.2, 0) is 0 Å². The van der Waals surface area contributed by atoms with Gasteiger partial charge >= 0.3 is 0 Å². The first-order valence-corrected chi connectivity index (χ1v) is 4.78. The maximum Gasteiger partial charge on any atom is 0.0704 e. The third kappa shape index (κ3) is 0.752. The van der Waals surface area contributed by atoms with E-state index in [1.807, 2.05) is 0 Å². The van der Waals surface area contributed by atoms with Gasteiger partial charge in [0.15, 0.2) is 0 Å². The SMILES string of the molecule is CC1CC(C)C2(O)CC1C2C. The lowest BCUT2D eigenvalue weighted by atomic mass is 9.47. The van der Waals surface area contributed by atoms with Gasteiger partial charge in [-0.1, -0.05) is 20.8 Å². The normalized spacial score (nSPS) is 62.2. The fourth-order valence-corrected chi connectivity index (χ4v) is 3.23. The average Bonchev–Trinajstić information content (AvgIpc) is 1.95. The van der Waals surface area contributed by atoms with E-state index in [9.17, 15) is 5.11 Å². The smallest absolute Gasteiger partial charge is 0.0704 e. The van der Waals surface area contributed by atoms with Crippen LogP contribution < -0.4 is 0 Å². The van der Waals surface area contributed by atoms with E-state index in [2.05, 4.69) is 20.8 Å². The van der Waals surface area contributed by atoms with Crippen molar-refractivity contribution < 1.29 is 5.11 Å². The molecule has 5 atom stereocenters. The Labute approximate surface area is 68.8 Å². The molecule has 0 radical (unpaired) electrons. The Bertz CT molecular complexity index is 172. The second kappa shape index (κ2) is 2.01. The van der Waals surface area contributed by atoms with E-state index in [0.717, 1.165) is 18.3 Å². The zero-order chi connectivity index (χ0) is 8.22. The molecule has 1 nitrogen and oxygen atoms in total. The van der Waals surface area contributed by atoms with Gasteiger partial charge in [0, 0.05) is 0 Å². The van der Waals surface area contributed by atoms with Crippen molar-refractivity contribution in [3.63, 3.8) is 0 Å². The molecule has 0 saturated heterocycles. The van der Waals surface area contributed by atoms with Crippen LogP contribution >= 0.6 is 0 Å². The van der Waals surface area contributed by atoms with E-state index in [1.165, 1.54) is 6.42 Å². The van der Waals surface area contributed by atoms with E-state index in [4.69, 9.17) is 0 Å². The first kappa shape index (κ1) is 7.60. The van der Waals surface area contributed by atoms with Crippen molar-refractivity contribution in [1.82, 2.24) is 0 Å². The first-order chi connectivity index (χ1) is 5.05. The minimum atomic E-state index is -0.281. The summed E-state index contributed by atoms with van der Waals surface area (Å²) in [6.07, 6.45) is 2.29. The molecule has 0 amide bonds. The molecular formula is C10H18O. The van der Waals surface area contributed by atoms with Crippen molar-refractivity contribution in [2.75, 3.05) is 0 Å². The Morgan fingerprint density at radius 2 is 1.91 bits per heavy atom. The maximum atomic E-state index is 10.1. The zero-order valence-electron chi connectivity index (χ0n) is 7.67. The van der Waals surface area contributed by atoms with E-state index in [0.29, 0.717) is 11.8 Å². The van der Waals surface area contributed by atoms with Crippen LogP contribution in [0.5, 0.6) is 0 Å². The summed E-state index contributed by atoms with van der Waals surface area (Å²) in [5.74, 6) is 2.74. The summed E-state index contributed by atoms with van der Waals surface area (Å²) < 4.78 is 0. The summed E-state index contributed by atoms with van der Waals surface area (Å²) in [7, 11) is 0. The second-order valence-electron chi connectivity index (χ2n) is 4.76. The van der Waals surface area contributed by atoms with Gasteiger partial charge in [0.2, 0.25) is 0 Å². The lowest BCUT2D eigenvalue weighted by molar-refractivity contribution is -0.215. The Kier molecular flexibility index (Phi) is 1.39. The van der Waals surface area contributed by atoms with Gasteiger partial charge in [0.1, 0.15) is 0 Å². The number of hydrogen-bond donors (Lipinski definition) is 1. The molecule has 0 heterocycles. The Morgan fingerprint density at radius 3 is 2.36 bits per heavy atom. The second-order valence-corrected chi connectivity index (χ2v) is 4.76. The fourth-order valence-electron chi connectivity index (χ4n) is 3.23. The predicted molar refractivity (Wildman–Crippen MR) is 45.2 cm³/mol. The molecule has 0 aromatic heterocycles. The molecule has 3 fully saturated rings. The lowest BCUT2D eigenvalue weighted by Crippen LogP contribution is -2.62. The number of hydrogen-bond acceptors (Lipinski definition) is 1.